The topological polar surface area (TPSA) is 60.7 Å². The zero-order chi connectivity index (χ0) is 14.5. The molecular weight excluding hydrogens is 228 g/mol. The summed E-state index contributed by atoms with van der Waals surface area (Å²) in [5.74, 6) is 0. The minimum absolute atomic E-state index is 1.00. The van der Waals surface area contributed by atoms with E-state index in [1.807, 2.05) is 72.8 Å². The largest absolute Gasteiger partial charge is 0.400 e. The van der Waals surface area contributed by atoms with E-state index in [1.165, 1.54) is 0 Å². The summed E-state index contributed by atoms with van der Waals surface area (Å²) in [5, 5.41) is 21.0. The van der Waals surface area contributed by atoms with Crippen LogP contribution in [0.25, 0.3) is 0 Å². The molecule has 0 saturated heterocycles. The minimum Gasteiger partial charge on any atom is -0.400 e. The van der Waals surface area contributed by atoms with Gasteiger partial charge in [-0.2, -0.15) is 0 Å². The molecule has 0 bridgehead atoms. The van der Waals surface area contributed by atoms with Crippen molar-refractivity contribution in [2.45, 2.75) is 0 Å². The highest BCUT2D eigenvalue weighted by atomic mass is 16.2. The molecule has 0 aliphatic heterocycles. The van der Waals surface area contributed by atoms with Crippen LogP contribution in [0.5, 0.6) is 0 Å². The summed E-state index contributed by atoms with van der Waals surface area (Å²) in [7, 11) is 3.00. The van der Waals surface area contributed by atoms with Gasteiger partial charge < -0.3 is 15.3 Å². The normalized spacial score (nSPS) is 6.33. The van der Waals surface area contributed by atoms with Gasteiger partial charge in [-0.3, -0.25) is 0 Å². The van der Waals surface area contributed by atoms with Crippen LogP contribution in [0.4, 0.5) is 0 Å². The Morgan fingerprint density at radius 3 is 0.389 bits per heavy atom. The van der Waals surface area contributed by atoms with Gasteiger partial charge in [-0.05, 0) is 0 Å². The molecule has 0 amide bonds. The number of aliphatic hydroxyl groups is 3. The molecule has 102 valence electrons. The Morgan fingerprint density at radius 2 is 0.333 bits per heavy atom. The van der Waals surface area contributed by atoms with E-state index >= 15 is 0 Å². The van der Waals surface area contributed by atoms with E-state index in [4.69, 9.17) is 15.3 Å². The van der Waals surface area contributed by atoms with Gasteiger partial charge in [-0.15, -0.1) is 0 Å². The van der Waals surface area contributed by atoms with Gasteiger partial charge in [-0.25, -0.2) is 0 Å². The molecule has 3 heteroatoms. The second kappa shape index (κ2) is 29.5. The maximum Gasteiger partial charge on any atom is 0.0319 e. The summed E-state index contributed by atoms with van der Waals surface area (Å²) in [4.78, 5) is 0. The lowest BCUT2D eigenvalue weighted by atomic mass is 10.4. The minimum atomic E-state index is 1.00. The maximum atomic E-state index is 7.00. The van der Waals surface area contributed by atoms with Gasteiger partial charge in [0.2, 0.25) is 0 Å². The Kier molecular flexibility index (Phi) is 35.4. The van der Waals surface area contributed by atoms with Crippen LogP contribution in [0.1, 0.15) is 0 Å². The van der Waals surface area contributed by atoms with E-state index in [-0.39, 0.29) is 0 Å². The fourth-order valence-corrected chi connectivity index (χ4v) is 0.770. The first kappa shape index (κ1) is 21.6. The van der Waals surface area contributed by atoms with Gasteiger partial charge in [0, 0.05) is 21.3 Å². The Bertz CT molecular complexity index is 187. The standard InChI is InChI=1S/2C6H6.3CH4O/c2*1-2-4-6-5-3-1;3*1-2/h2*1-6H;3*2H,1H3. The summed E-state index contributed by atoms with van der Waals surface area (Å²) in [5.41, 5.74) is 0. The van der Waals surface area contributed by atoms with Crippen molar-refractivity contribution in [3.8, 4) is 0 Å². The number of hydrogen-bond acceptors (Lipinski definition) is 3. The third-order valence-corrected chi connectivity index (χ3v) is 1.33. The van der Waals surface area contributed by atoms with Gasteiger partial charge in [0.25, 0.3) is 0 Å². The summed E-state index contributed by atoms with van der Waals surface area (Å²) in [6.07, 6.45) is 0. The second-order valence-electron chi connectivity index (χ2n) is 2.31. The molecule has 0 spiro atoms. The van der Waals surface area contributed by atoms with Gasteiger partial charge in [0.05, 0.1) is 0 Å². The van der Waals surface area contributed by atoms with Crippen molar-refractivity contribution in [3.05, 3.63) is 72.8 Å². The molecule has 18 heavy (non-hydrogen) atoms. The number of benzene rings is 2. The molecule has 0 aliphatic carbocycles. The lowest BCUT2D eigenvalue weighted by Crippen LogP contribution is -1.47. The van der Waals surface area contributed by atoms with Crippen molar-refractivity contribution in [1.29, 1.82) is 0 Å². The molecule has 0 saturated carbocycles. The molecular formula is C15H24O3. The molecule has 0 heterocycles. The van der Waals surface area contributed by atoms with Crippen LogP contribution in [0.3, 0.4) is 0 Å². The van der Waals surface area contributed by atoms with Crippen molar-refractivity contribution in [2.24, 2.45) is 0 Å². The summed E-state index contributed by atoms with van der Waals surface area (Å²) < 4.78 is 0. The van der Waals surface area contributed by atoms with Gasteiger partial charge in [0.1, 0.15) is 0 Å². The summed E-state index contributed by atoms with van der Waals surface area (Å²) in [6.45, 7) is 0. The number of rotatable bonds is 0. The predicted octanol–water partition coefficient (Wildman–Crippen LogP) is 2.20. The van der Waals surface area contributed by atoms with Crippen LogP contribution in [0.15, 0.2) is 72.8 Å². The van der Waals surface area contributed by atoms with Gasteiger partial charge in [-0.1, -0.05) is 72.8 Å². The first-order valence-electron chi connectivity index (χ1n) is 5.34. The highest BCUT2D eigenvalue weighted by Gasteiger charge is 1.58. The lowest BCUT2D eigenvalue weighted by Gasteiger charge is -1.69. The van der Waals surface area contributed by atoms with Crippen molar-refractivity contribution < 1.29 is 15.3 Å². The van der Waals surface area contributed by atoms with Crippen molar-refractivity contribution in [2.75, 3.05) is 21.3 Å². The SMILES string of the molecule is CO.CO.CO.c1ccccc1.c1ccccc1. The molecule has 2 aromatic carbocycles. The van der Waals surface area contributed by atoms with Crippen LogP contribution in [0, 0.1) is 0 Å². The van der Waals surface area contributed by atoms with Crippen LogP contribution in [0.2, 0.25) is 0 Å². The fraction of sp³-hybridized carbons (Fsp3) is 0.200. The van der Waals surface area contributed by atoms with Crippen LogP contribution in [-0.2, 0) is 0 Å². The predicted molar refractivity (Wildman–Crippen MR) is 77.3 cm³/mol. The smallest absolute Gasteiger partial charge is 0.0319 e. The highest BCUT2D eigenvalue weighted by molar-refractivity contribution is 4.99. The lowest BCUT2D eigenvalue weighted by molar-refractivity contribution is 0.399. The Morgan fingerprint density at radius 1 is 0.278 bits per heavy atom. The zero-order valence-corrected chi connectivity index (χ0v) is 11.3. The summed E-state index contributed by atoms with van der Waals surface area (Å²) >= 11 is 0. The molecule has 2 aromatic rings. The third kappa shape index (κ3) is 23.9. The van der Waals surface area contributed by atoms with Crippen LogP contribution in [-0.4, -0.2) is 36.6 Å². The molecule has 0 aromatic heterocycles. The average Bonchev–Trinajstić information content (AvgIpc) is 2.57. The van der Waals surface area contributed by atoms with Gasteiger partial charge in [0.15, 0.2) is 0 Å². The molecule has 2 rings (SSSR count). The van der Waals surface area contributed by atoms with Crippen LogP contribution < -0.4 is 0 Å². The van der Waals surface area contributed by atoms with E-state index < -0.39 is 0 Å². The first-order valence-corrected chi connectivity index (χ1v) is 5.34. The average molecular weight is 252 g/mol. The zero-order valence-electron chi connectivity index (χ0n) is 11.3. The quantitative estimate of drug-likeness (QED) is 0.673. The molecule has 0 fully saturated rings. The molecule has 3 nitrogen and oxygen atoms in total. The molecule has 0 radical (unpaired) electrons. The number of hydrogen-bond donors (Lipinski definition) is 3. The first-order chi connectivity index (χ1) is 9.00. The Balaban J connectivity index is -0.000000178. The fourth-order valence-electron chi connectivity index (χ4n) is 0.770. The second-order valence-corrected chi connectivity index (χ2v) is 2.31. The molecule has 3 N–H and O–H groups in total. The Labute approximate surface area is 110 Å². The van der Waals surface area contributed by atoms with E-state index in [1.54, 1.807) is 0 Å². The maximum absolute atomic E-state index is 7.00. The van der Waals surface area contributed by atoms with E-state index in [9.17, 15) is 0 Å². The monoisotopic (exact) mass is 252 g/mol. The third-order valence-electron chi connectivity index (χ3n) is 1.33. The molecule has 0 atom stereocenters. The van der Waals surface area contributed by atoms with E-state index in [0.717, 1.165) is 21.3 Å². The van der Waals surface area contributed by atoms with Crippen molar-refractivity contribution >= 4 is 0 Å². The highest BCUT2D eigenvalue weighted by Crippen LogP contribution is 1.80. The Hall–Kier alpha value is -1.68. The molecule has 0 aliphatic rings. The van der Waals surface area contributed by atoms with Crippen molar-refractivity contribution in [3.63, 3.8) is 0 Å². The van der Waals surface area contributed by atoms with E-state index in [2.05, 4.69) is 0 Å². The van der Waals surface area contributed by atoms with Gasteiger partial charge >= 0.3 is 0 Å². The molecule has 0 unspecified atom stereocenters. The summed E-state index contributed by atoms with van der Waals surface area (Å²) in [6, 6.07) is 24.0. The number of aliphatic hydroxyl groups excluding tert-OH is 3. The van der Waals surface area contributed by atoms with Crippen molar-refractivity contribution in [1.82, 2.24) is 0 Å². The van der Waals surface area contributed by atoms with Crippen LogP contribution >= 0.6 is 0 Å². The van der Waals surface area contributed by atoms with E-state index in [0.29, 0.717) is 0 Å².